The van der Waals surface area contributed by atoms with Crippen molar-refractivity contribution in [2.75, 3.05) is 18.3 Å². The summed E-state index contributed by atoms with van der Waals surface area (Å²) in [5.74, 6) is 0. The molecular weight excluding hydrogens is 709 g/mol. The first-order chi connectivity index (χ1) is 28.3. The van der Waals surface area contributed by atoms with E-state index in [0.717, 1.165) is 0 Å². The third-order valence-corrected chi connectivity index (χ3v) is 16.3. The quantitative estimate of drug-likeness (QED) is 0.166. The molecule has 0 atom stereocenters. The van der Waals surface area contributed by atoms with Crippen molar-refractivity contribution in [3.05, 3.63) is 218 Å². The molecule has 57 heavy (non-hydrogen) atoms. The van der Waals surface area contributed by atoms with E-state index in [1.54, 1.807) is 0 Å². The van der Waals surface area contributed by atoms with Gasteiger partial charge < -0.3 is 18.3 Å². The van der Waals surface area contributed by atoms with E-state index in [0.29, 0.717) is 0 Å². The highest BCUT2D eigenvalue weighted by Crippen LogP contribution is 2.63. The van der Waals surface area contributed by atoms with Gasteiger partial charge in [-0.3, -0.25) is 0 Å². The molecule has 0 saturated carbocycles. The molecule has 0 saturated heterocycles. The summed E-state index contributed by atoms with van der Waals surface area (Å²) in [6.45, 7) is 0. The number of hydrogen-bond donors (Lipinski definition) is 0. The third-order valence-electron chi connectivity index (χ3n) is 12.0. The maximum atomic E-state index is 2.76. The summed E-state index contributed by atoms with van der Waals surface area (Å²) in [5, 5.41) is 9.71. The molecule has 0 aliphatic carbocycles. The van der Waals surface area contributed by atoms with Crippen LogP contribution in [0.4, 0.5) is 45.5 Å². The standard InChI is InChI=1S/C52H36N4Si/c1-5-25-41-37(17-1)21-13-33-45(41)53-49-29-9-10-30-50(49)54(46-34-14-22-38-18-2-6-26-42(38)46)57(53)55(47-35-15-23-39-19-3-7-27-43(39)47)51-31-11-12-32-52(51)56(57)48-36-16-24-40-20-4-8-28-44(40)48/h1-36H. The van der Waals surface area contributed by atoms with Crippen LogP contribution in [0.25, 0.3) is 43.1 Å². The monoisotopic (exact) mass is 744 g/mol. The van der Waals surface area contributed by atoms with Gasteiger partial charge in [0.15, 0.2) is 0 Å². The number of anilines is 8. The minimum absolute atomic E-state index is 1.18. The lowest BCUT2D eigenvalue weighted by molar-refractivity contribution is 1.19. The molecule has 0 amide bonds. The fraction of sp³-hybridized carbons (Fsp3) is 0. The minimum atomic E-state index is -3.70. The first-order valence-electron chi connectivity index (χ1n) is 19.6. The number of nitrogens with zero attached hydrogens (tertiary/aromatic N) is 4. The summed E-state index contributed by atoms with van der Waals surface area (Å²) in [7, 11) is -3.70. The highest BCUT2D eigenvalue weighted by Gasteiger charge is 2.70. The Morgan fingerprint density at radius 1 is 0.193 bits per heavy atom. The second-order valence-corrected chi connectivity index (χ2v) is 17.9. The van der Waals surface area contributed by atoms with Crippen molar-refractivity contribution in [1.29, 1.82) is 0 Å². The molecule has 4 nitrogen and oxygen atoms in total. The summed E-state index contributed by atoms with van der Waals surface area (Å²) in [6, 6.07) is 80.9. The summed E-state index contributed by atoms with van der Waals surface area (Å²) in [6.07, 6.45) is 0. The van der Waals surface area contributed by atoms with E-state index in [-0.39, 0.29) is 0 Å². The molecule has 2 heterocycles. The number of rotatable bonds is 4. The molecule has 0 fully saturated rings. The van der Waals surface area contributed by atoms with Crippen molar-refractivity contribution >= 4 is 97.3 Å². The minimum Gasteiger partial charge on any atom is -0.313 e. The zero-order chi connectivity index (χ0) is 37.5. The van der Waals surface area contributed by atoms with Crippen LogP contribution in [-0.4, -0.2) is 8.72 Å². The van der Waals surface area contributed by atoms with Crippen molar-refractivity contribution in [1.82, 2.24) is 0 Å². The zero-order valence-electron chi connectivity index (χ0n) is 31.1. The van der Waals surface area contributed by atoms with Crippen molar-refractivity contribution < 1.29 is 0 Å². The lowest BCUT2D eigenvalue weighted by atomic mass is 10.1. The second-order valence-electron chi connectivity index (χ2n) is 14.9. The fourth-order valence-electron chi connectivity index (χ4n) is 9.71. The van der Waals surface area contributed by atoms with Gasteiger partial charge >= 0.3 is 8.72 Å². The van der Waals surface area contributed by atoms with Crippen LogP contribution >= 0.6 is 0 Å². The lowest BCUT2D eigenvalue weighted by Gasteiger charge is -2.50. The molecule has 0 aromatic heterocycles. The zero-order valence-corrected chi connectivity index (χ0v) is 32.1. The summed E-state index contributed by atoms with van der Waals surface area (Å²) in [4.78, 5) is 0. The van der Waals surface area contributed by atoms with Gasteiger partial charge in [-0.15, -0.1) is 0 Å². The van der Waals surface area contributed by atoms with Gasteiger partial charge in [-0.2, -0.15) is 0 Å². The van der Waals surface area contributed by atoms with E-state index in [2.05, 4.69) is 237 Å². The first-order valence-corrected chi connectivity index (χ1v) is 21.4. The molecule has 0 radical (unpaired) electrons. The average Bonchev–Trinajstić information content (AvgIpc) is 3.73. The molecular formula is C52H36N4Si. The summed E-state index contributed by atoms with van der Waals surface area (Å²) in [5.41, 5.74) is 9.43. The van der Waals surface area contributed by atoms with Crippen molar-refractivity contribution in [3.8, 4) is 0 Å². The average molecular weight is 745 g/mol. The summed E-state index contributed by atoms with van der Waals surface area (Å²) < 4.78 is 11.0. The Bertz CT molecular complexity index is 2760. The highest BCUT2D eigenvalue weighted by atomic mass is 28.4. The summed E-state index contributed by atoms with van der Waals surface area (Å²) >= 11 is 0. The van der Waals surface area contributed by atoms with E-state index < -0.39 is 8.72 Å². The molecule has 1 spiro atoms. The highest BCUT2D eigenvalue weighted by molar-refractivity contribution is 7.00. The largest absolute Gasteiger partial charge is 0.522 e. The molecule has 268 valence electrons. The molecule has 2 aliphatic rings. The van der Waals surface area contributed by atoms with Crippen LogP contribution in [0.15, 0.2) is 218 Å². The molecule has 0 unspecified atom stereocenters. The van der Waals surface area contributed by atoms with Gasteiger partial charge in [0, 0.05) is 44.3 Å². The number of hydrogen-bond acceptors (Lipinski definition) is 4. The van der Waals surface area contributed by atoms with Crippen molar-refractivity contribution in [3.63, 3.8) is 0 Å². The van der Waals surface area contributed by atoms with Gasteiger partial charge in [0.1, 0.15) is 0 Å². The maximum absolute atomic E-state index is 3.70. The number of benzene rings is 10. The van der Waals surface area contributed by atoms with E-state index in [9.17, 15) is 0 Å². The van der Waals surface area contributed by atoms with Gasteiger partial charge in [0.2, 0.25) is 0 Å². The molecule has 10 aromatic rings. The molecule has 12 rings (SSSR count). The predicted octanol–water partition coefficient (Wildman–Crippen LogP) is 14.0. The van der Waals surface area contributed by atoms with Crippen LogP contribution in [0.1, 0.15) is 0 Å². The predicted molar refractivity (Wildman–Crippen MR) is 243 cm³/mol. The maximum Gasteiger partial charge on any atom is 0.522 e. The molecule has 2 aliphatic heterocycles. The van der Waals surface area contributed by atoms with Crippen LogP contribution in [0.5, 0.6) is 0 Å². The Balaban J connectivity index is 1.33. The van der Waals surface area contributed by atoms with E-state index in [4.69, 9.17) is 0 Å². The Morgan fingerprint density at radius 2 is 0.386 bits per heavy atom. The van der Waals surface area contributed by atoms with Gasteiger partial charge in [-0.25, -0.2) is 0 Å². The molecule has 0 N–H and O–H groups in total. The van der Waals surface area contributed by atoms with Crippen LogP contribution in [0.2, 0.25) is 0 Å². The topological polar surface area (TPSA) is 13.0 Å². The molecule has 0 bridgehead atoms. The van der Waals surface area contributed by atoms with Gasteiger partial charge in [0.05, 0.1) is 22.7 Å². The van der Waals surface area contributed by atoms with E-state index >= 15 is 0 Å². The lowest BCUT2D eigenvalue weighted by Crippen LogP contribution is -2.76. The van der Waals surface area contributed by atoms with E-state index in [1.807, 2.05) is 0 Å². The van der Waals surface area contributed by atoms with Crippen LogP contribution in [-0.2, 0) is 0 Å². The van der Waals surface area contributed by atoms with Crippen LogP contribution in [0, 0.1) is 0 Å². The van der Waals surface area contributed by atoms with Crippen molar-refractivity contribution in [2.24, 2.45) is 0 Å². The van der Waals surface area contributed by atoms with E-state index in [1.165, 1.54) is 88.6 Å². The first kappa shape index (κ1) is 32.0. The SMILES string of the molecule is c1ccc2c(c1)N(c1cccc3ccccc13)[Si]1(N2c2cccc3ccccc23)N(c2cccc3ccccc23)c2ccccc2N1c1cccc2ccccc12. The van der Waals surface area contributed by atoms with Crippen molar-refractivity contribution in [2.45, 2.75) is 0 Å². The van der Waals surface area contributed by atoms with Gasteiger partial charge in [-0.1, -0.05) is 170 Å². The Hall–Kier alpha value is -7.34. The molecule has 5 heteroatoms. The third kappa shape index (κ3) is 4.43. The van der Waals surface area contributed by atoms with Crippen LogP contribution < -0.4 is 18.3 Å². The number of fused-ring (bicyclic) bond motifs is 6. The second kappa shape index (κ2) is 12.3. The van der Waals surface area contributed by atoms with Gasteiger partial charge in [-0.05, 0) is 70.1 Å². The Kier molecular flexibility index (Phi) is 6.91. The Morgan fingerprint density at radius 3 is 0.649 bits per heavy atom. The molecule has 10 aromatic carbocycles. The fourth-order valence-corrected chi connectivity index (χ4v) is 15.0. The van der Waals surface area contributed by atoms with Crippen LogP contribution in [0.3, 0.4) is 0 Å². The van der Waals surface area contributed by atoms with Gasteiger partial charge in [0.25, 0.3) is 0 Å². The number of para-hydroxylation sites is 4. The normalized spacial score (nSPS) is 14.3. The smallest absolute Gasteiger partial charge is 0.313 e. The Labute approximate surface area is 332 Å².